The van der Waals surface area contributed by atoms with Gasteiger partial charge in [-0.3, -0.25) is 4.79 Å². The predicted octanol–water partition coefficient (Wildman–Crippen LogP) is 1.98. The normalized spacial score (nSPS) is 21.7. The molecule has 0 radical (unpaired) electrons. The number of fused-ring (bicyclic) bond motifs is 1. The molecule has 1 N–H and O–H groups in total. The molecule has 2 aliphatic rings. The van der Waals surface area contributed by atoms with Gasteiger partial charge in [0.25, 0.3) is 0 Å². The zero-order chi connectivity index (χ0) is 15.5. The molecule has 2 atom stereocenters. The minimum Gasteiger partial charge on any atom is -0.486 e. The monoisotopic (exact) mass is 304 g/mol. The zero-order valence-corrected chi connectivity index (χ0v) is 13.3. The summed E-state index contributed by atoms with van der Waals surface area (Å²) in [5.74, 6) is 1.82. The summed E-state index contributed by atoms with van der Waals surface area (Å²) in [6, 6.07) is 6.08. The molecule has 1 fully saturated rings. The summed E-state index contributed by atoms with van der Waals surface area (Å²) in [6.45, 7) is 4.66. The number of hydrogen-bond donors (Lipinski definition) is 1. The molecule has 0 aromatic heterocycles. The third-order valence-corrected chi connectivity index (χ3v) is 4.42. The van der Waals surface area contributed by atoms with Gasteiger partial charge in [-0.1, -0.05) is 19.1 Å². The van der Waals surface area contributed by atoms with Crippen molar-refractivity contribution in [2.24, 2.45) is 5.92 Å². The fourth-order valence-electron chi connectivity index (χ4n) is 3.39. The molecule has 0 aliphatic carbocycles. The van der Waals surface area contributed by atoms with Crippen LogP contribution in [-0.4, -0.2) is 44.2 Å². The molecule has 2 heterocycles. The first-order valence-corrected chi connectivity index (χ1v) is 8.06. The number of amides is 1. The quantitative estimate of drug-likeness (QED) is 0.924. The van der Waals surface area contributed by atoms with Gasteiger partial charge in [0.05, 0.1) is 6.04 Å². The maximum absolute atomic E-state index is 12.7. The highest BCUT2D eigenvalue weighted by Gasteiger charge is 2.34. The number of para-hydroxylation sites is 1. The number of carbonyl (C=O) groups is 1. The summed E-state index contributed by atoms with van der Waals surface area (Å²) in [4.78, 5) is 14.7. The number of carbonyl (C=O) groups excluding carboxylic acids is 1. The van der Waals surface area contributed by atoms with Gasteiger partial charge in [0.2, 0.25) is 5.91 Å². The maximum Gasteiger partial charge on any atom is 0.227 e. The summed E-state index contributed by atoms with van der Waals surface area (Å²) >= 11 is 0. The van der Waals surface area contributed by atoms with Crippen LogP contribution in [0.3, 0.4) is 0 Å². The Hall–Kier alpha value is -1.75. The van der Waals surface area contributed by atoms with Crippen LogP contribution < -0.4 is 14.8 Å². The van der Waals surface area contributed by atoms with Crippen LogP contribution in [0.2, 0.25) is 0 Å². The van der Waals surface area contributed by atoms with Crippen molar-refractivity contribution >= 4 is 5.91 Å². The lowest BCUT2D eigenvalue weighted by Crippen LogP contribution is -2.38. The lowest BCUT2D eigenvalue weighted by molar-refractivity contribution is -0.135. The fraction of sp³-hybridized carbons (Fsp3) is 0.588. The minimum atomic E-state index is -0.0118. The Bertz CT molecular complexity index is 547. The molecule has 1 saturated heterocycles. The molecule has 5 nitrogen and oxygen atoms in total. The van der Waals surface area contributed by atoms with Crippen molar-refractivity contribution in [1.29, 1.82) is 0 Å². The van der Waals surface area contributed by atoms with Gasteiger partial charge in [-0.15, -0.1) is 0 Å². The van der Waals surface area contributed by atoms with E-state index in [2.05, 4.69) is 11.4 Å². The third kappa shape index (κ3) is 2.77. The summed E-state index contributed by atoms with van der Waals surface area (Å²) < 4.78 is 11.5. The fourth-order valence-corrected chi connectivity index (χ4v) is 3.39. The Morgan fingerprint density at radius 3 is 3.05 bits per heavy atom. The van der Waals surface area contributed by atoms with E-state index in [-0.39, 0.29) is 17.9 Å². The molecule has 0 spiro atoms. The molecule has 0 saturated carbocycles. The van der Waals surface area contributed by atoms with Gasteiger partial charge in [0.1, 0.15) is 13.2 Å². The van der Waals surface area contributed by atoms with Crippen LogP contribution in [0, 0.1) is 5.92 Å². The zero-order valence-electron chi connectivity index (χ0n) is 13.3. The molecular formula is C17H24N2O3. The van der Waals surface area contributed by atoms with Crippen LogP contribution in [0.15, 0.2) is 18.2 Å². The van der Waals surface area contributed by atoms with Crippen molar-refractivity contribution in [3.05, 3.63) is 23.8 Å². The van der Waals surface area contributed by atoms with E-state index in [1.54, 1.807) is 0 Å². The van der Waals surface area contributed by atoms with Gasteiger partial charge in [-0.2, -0.15) is 0 Å². The molecule has 1 aromatic carbocycles. The van der Waals surface area contributed by atoms with Crippen molar-refractivity contribution in [3.63, 3.8) is 0 Å². The van der Waals surface area contributed by atoms with Gasteiger partial charge >= 0.3 is 0 Å². The molecule has 22 heavy (non-hydrogen) atoms. The van der Waals surface area contributed by atoms with E-state index in [0.29, 0.717) is 19.8 Å². The third-order valence-electron chi connectivity index (χ3n) is 4.42. The van der Waals surface area contributed by atoms with Gasteiger partial charge in [0, 0.05) is 24.6 Å². The van der Waals surface area contributed by atoms with Crippen molar-refractivity contribution in [3.8, 4) is 11.5 Å². The topological polar surface area (TPSA) is 50.8 Å². The molecule has 2 unspecified atom stereocenters. The van der Waals surface area contributed by atoms with E-state index >= 15 is 0 Å². The second-order valence-corrected chi connectivity index (χ2v) is 6.02. The van der Waals surface area contributed by atoms with Crippen LogP contribution in [0.4, 0.5) is 0 Å². The van der Waals surface area contributed by atoms with Crippen molar-refractivity contribution in [1.82, 2.24) is 10.2 Å². The Labute approximate surface area is 131 Å². The highest BCUT2D eigenvalue weighted by Crippen LogP contribution is 2.43. The van der Waals surface area contributed by atoms with E-state index in [0.717, 1.165) is 36.4 Å². The Morgan fingerprint density at radius 2 is 2.23 bits per heavy atom. The number of hydrogen-bond acceptors (Lipinski definition) is 4. The van der Waals surface area contributed by atoms with E-state index in [1.165, 1.54) is 0 Å². The second kappa shape index (κ2) is 6.57. The number of nitrogens with zero attached hydrogens (tertiary/aromatic N) is 1. The Balaban J connectivity index is 1.86. The van der Waals surface area contributed by atoms with E-state index in [1.807, 2.05) is 31.0 Å². The van der Waals surface area contributed by atoms with E-state index in [4.69, 9.17) is 9.47 Å². The first kappa shape index (κ1) is 15.2. The van der Waals surface area contributed by atoms with Gasteiger partial charge in [-0.05, 0) is 26.0 Å². The molecule has 3 rings (SSSR count). The number of ether oxygens (including phenoxy) is 2. The highest BCUT2D eigenvalue weighted by atomic mass is 16.6. The molecular weight excluding hydrogens is 280 g/mol. The van der Waals surface area contributed by atoms with Crippen LogP contribution in [-0.2, 0) is 4.79 Å². The number of likely N-dealkylation sites (tertiary alicyclic amines) is 1. The smallest absolute Gasteiger partial charge is 0.227 e. The maximum atomic E-state index is 12.7. The van der Waals surface area contributed by atoms with Gasteiger partial charge in [0.15, 0.2) is 11.5 Å². The summed E-state index contributed by atoms with van der Waals surface area (Å²) in [6.07, 6.45) is 2.02. The largest absolute Gasteiger partial charge is 0.486 e. The molecule has 2 aliphatic heterocycles. The summed E-state index contributed by atoms with van der Waals surface area (Å²) in [5.41, 5.74) is 1.08. The Kier molecular flexibility index (Phi) is 4.52. The first-order valence-electron chi connectivity index (χ1n) is 8.06. The van der Waals surface area contributed by atoms with Crippen molar-refractivity contribution in [2.45, 2.75) is 25.8 Å². The molecule has 1 aromatic rings. The molecule has 5 heteroatoms. The van der Waals surface area contributed by atoms with Crippen LogP contribution in [0.5, 0.6) is 11.5 Å². The number of benzene rings is 1. The highest BCUT2D eigenvalue weighted by molar-refractivity contribution is 5.79. The average molecular weight is 304 g/mol. The van der Waals surface area contributed by atoms with Crippen molar-refractivity contribution < 1.29 is 14.3 Å². The predicted molar refractivity (Wildman–Crippen MR) is 84.2 cm³/mol. The van der Waals surface area contributed by atoms with Gasteiger partial charge in [-0.25, -0.2) is 0 Å². The average Bonchev–Trinajstić information content (AvgIpc) is 3.03. The standard InChI is InChI=1S/C17H24N2O3/c1-12(11-18-2)17(20)19-8-4-6-14(19)13-5-3-7-15-16(13)22-10-9-21-15/h3,5,7,12,14,18H,4,6,8-11H2,1-2H3. The molecule has 1 amide bonds. The summed E-state index contributed by atoms with van der Waals surface area (Å²) in [5, 5.41) is 3.08. The first-order chi connectivity index (χ1) is 10.7. The summed E-state index contributed by atoms with van der Waals surface area (Å²) in [7, 11) is 1.88. The number of nitrogens with one attached hydrogen (secondary N) is 1. The lowest BCUT2D eigenvalue weighted by Gasteiger charge is -2.30. The Morgan fingerprint density at radius 1 is 1.41 bits per heavy atom. The van der Waals surface area contributed by atoms with Crippen LogP contribution >= 0.6 is 0 Å². The lowest BCUT2D eigenvalue weighted by atomic mass is 10.0. The van der Waals surface area contributed by atoms with Crippen LogP contribution in [0.1, 0.15) is 31.4 Å². The molecule has 0 bridgehead atoms. The van der Waals surface area contributed by atoms with E-state index < -0.39 is 0 Å². The minimum absolute atomic E-state index is 0.0118. The van der Waals surface area contributed by atoms with Crippen molar-refractivity contribution in [2.75, 3.05) is 33.4 Å². The van der Waals surface area contributed by atoms with E-state index in [9.17, 15) is 4.79 Å². The number of rotatable bonds is 4. The molecule has 120 valence electrons. The van der Waals surface area contributed by atoms with Gasteiger partial charge < -0.3 is 19.7 Å². The SMILES string of the molecule is CNCC(C)C(=O)N1CCCC1c1cccc2c1OCCO2. The van der Waals surface area contributed by atoms with Crippen LogP contribution in [0.25, 0.3) is 0 Å². The second-order valence-electron chi connectivity index (χ2n) is 6.02.